The number of alkyl halides is 3. The Bertz CT molecular complexity index is 1130. The minimum absolute atomic E-state index is 0.00616. The SMILES string of the molecule is CCc1cc([SH]2NN(c3ccc(C#N)c(C(F)(F)F)c3)C(=O)C2(C)C)ccc1OC(C)=O. The van der Waals surface area contributed by atoms with Crippen LogP contribution >= 0.6 is 11.1 Å². The molecule has 170 valence electrons. The molecule has 0 radical (unpaired) electrons. The van der Waals surface area contributed by atoms with E-state index in [4.69, 9.17) is 10.00 Å². The van der Waals surface area contributed by atoms with E-state index in [0.717, 1.165) is 27.6 Å². The molecule has 0 aromatic heterocycles. The van der Waals surface area contributed by atoms with E-state index >= 15 is 0 Å². The number of carbonyl (C=O) groups excluding carboxylic acids is 2. The Kier molecular flexibility index (Phi) is 6.26. The van der Waals surface area contributed by atoms with Crippen LogP contribution in [0.4, 0.5) is 18.9 Å². The Morgan fingerprint density at radius 2 is 1.94 bits per heavy atom. The fourth-order valence-electron chi connectivity index (χ4n) is 3.43. The molecule has 32 heavy (non-hydrogen) atoms. The van der Waals surface area contributed by atoms with Gasteiger partial charge in [0, 0.05) is 11.8 Å². The first-order valence-corrected chi connectivity index (χ1v) is 11.1. The number of hydrogen-bond donors (Lipinski definition) is 2. The van der Waals surface area contributed by atoms with Gasteiger partial charge in [0.25, 0.3) is 5.91 Å². The number of rotatable bonds is 4. The van der Waals surface area contributed by atoms with Crippen molar-refractivity contribution in [3.63, 3.8) is 0 Å². The Balaban J connectivity index is 2.01. The third-order valence-corrected chi connectivity index (χ3v) is 7.61. The van der Waals surface area contributed by atoms with Crippen LogP contribution in [0, 0.1) is 11.3 Å². The Morgan fingerprint density at radius 3 is 2.50 bits per heavy atom. The van der Waals surface area contributed by atoms with Crippen LogP contribution in [0.3, 0.4) is 0 Å². The first-order valence-electron chi connectivity index (χ1n) is 9.74. The van der Waals surface area contributed by atoms with Crippen molar-refractivity contribution in [1.29, 1.82) is 5.26 Å². The first kappa shape index (κ1) is 23.6. The first-order chi connectivity index (χ1) is 14.9. The summed E-state index contributed by atoms with van der Waals surface area (Å²) >= 11 is -1.35. The highest BCUT2D eigenvalue weighted by Crippen LogP contribution is 2.52. The molecule has 1 aliphatic heterocycles. The van der Waals surface area contributed by atoms with Gasteiger partial charge in [0.15, 0.2) is 0 Å². The van der Waals surface area contributed by atoms with Crippen molar-refractivity contribution in [2.75, 3.05) is 5.01 Å². The van der Waals surface area contributed by atoms with Gasteiger partial charge in [0.2, 0.25) is 0 Å². The van der Waals surface area contributed by atoms with Crippen LogP contribution in [0.2, 0.25) is 0 Å². The molecule has 0 spiro atoms. The molecule has 10 heteroatoms. The van der Waals surface area contributed by atoms with Crippen molar-refractivity contribution >= 4 is 28.6 Å². The van der Waals surface area contributed by atoms with Gasteiger partial charge in [-0.3, -0.25) is 9.59 Å². The van der Waals surface area contributed by atoms with Gasteiger partial charge in [-0.1, -0.05) is 6.92 Å². The van der Waals surface area contributed by atoms with Crippen LogP contribution in [-0.2, 0) is 22.2 Å². The Morgan fingerprint density at radius 1 is 1.25 bits per heavy atom. The van der Waals surface area contributed by atoms with Gasteiger partial charge in [0.1, 0.15) is 5.75 Å². The summed E-state index contributed by atoms with van der Waals surface area (Å²) in [7, 11) is 0. The lowest BCUT2D eigenvalue weighted by atomic mass is 10.1. The lowest BCUT2D eigenvalue weighted by Crippen LogP contribution is -2.38. The molecule has 1 atom stereocenters. The Labute approximate surface area is 186 Å². The normalized spacial score (nSPS) is 19.0. The average molecular weight is 465 g/mol. The highest BCUT2D eigenvalue weighted by molar-refractivity contribution is 8.17. The van der Waals surface area contributed by atoms with Gasteiger partial charge in [-0.05, 0) is 62.2 Å². The van der Waals surface area contributed by atoms with E-state index in [0.29, 0.717) is 12.2 Å². The van der Waals surface area contributed by atoms with Gasteiger partial charge < -0.3 is 4.74 Å². The summed E-state index contributed by atoms with van der Waals surface area (Å²) in [5.74, 6) is -0.399. The van der Waals surface area contributed by atoms with Crippen molar-refractivity contribution in [3.05, 3.63) is 53.1 Å². The number of nitrogens with one attached hydrogen (secondary N) is 1. The van der Waals surface area contributed by atoms with Crippen LogP contribution < -0.4 is 14.6 Å². The maximum Gasteiger partial charge on any atom is 0.417 e. The second kappa shape index (κ2) is 8.48. The average Bonchev–Trinajstić information content (AvgIpc) is 2.96. The minimum Gasteiger partial charge on any atom is -0.426 e. The predicted octanol–water partition coefficient (Wildman–Crippen LogP) is 4.67. The summed E-state index contributed by atoms with van der Waals surface area (Å²) in [5, 5.41) is 10.1. The highest BCUT2D eigenvalue weighted by Gasteiger charge is 2.47. The van der Waals surface area contributed by atoms with E-state index in [1.54, 1.807) is 26.0 Å². The number of esters is 1. The van der Waals surface area contributed by atoms with Gasteiger partial charge in [-0.25, -0.2) is 5.01 Å². The molecule has 1 amide bonds. The number of amides is 1. The number of nitriles is 1. The van der Waals surface area contributed by atoms with Crippen LogP contribution in [0.1, 0.15) is 44.4 Å². The zero-order valence-corrected chi connectivity index (χ0v) is 18.8. The zero-order chi connectivity index (χ0) is 23.8. The molecule has 6 nitrogen and oxygen atoms in total. The largest absolute Gasteiger partial charge is 0.426 e. The lowest BCUT2D eigenvalue weighted by Gasteiger charge is -2.28. The second-order valence-electron chi connectivity index (χ2n) is 7.71. The number of nitrogens with zero attached hydrogens (tertiary/aromatic N) is 2. The molecule has 0 bridgehead atoms. The van der Waals surface area contributed by atoms with E-state index in [9.17, 15) is 22.8 Å². The van der Waals surface area contributed by atoms with Crippen LogP contribution in [-0.4, -0.2) is 16.6 Å². The van der Waals surface area contributed by atoms with E-state index in [2.05, 4.69) is 4.83 Å². The molecule has 1 unspecified atom stereocenters. The van der Waals surface area contributed by atoms with E-state index in [-0.39, 0.29) is 11.6 Å². The fraction of sp³-hybridized carbons (Fsp3) is 0.318. The number of aryl methyl sites for hydroxylation is 1. The molecule has 1 aliphatic rings. The summed E-state index contributed by atoms with van der Waals surface area (Å²) in [6, 6.07) is 9.96. The molecule has 1 saturated heterocycles. The summed E-state index contributed by atoms with van der Waals surface area (Å²) in [6.07, 6.45) is -4.14. The maximum absolute atomic E-state index is 13.4. The van der Waals surface area contributed by atoms with Gasteiger partial charge in [0.05, 0.1) is 27.6 Å². The number of anilines is 1. The van der Waals surface area contributed by atoms with Crippen molar-refractivity contribution in [3.8, 4) is 11.8 Å². The highest BCUT2D eigenvalue weighted by atomic mass is 32.2. The quantitative estimate of drug-likeness (QED) is 0.390. The number of benzene rings is 2. The molecule has 0 saturated carbocycles. The van der Waals surface area contributed by atoms with Gasteiger partial charge in [-0.15, -0.1) is 11.1 Å². The number of ether oxygens (including phenoxy) is 1. The molecular formula is C22H22F3N3O3S. The molecule has 1 N–H and O–H groups in total. The van der Waals surface area contributed by atoms with Crippen molar-refractivity contribution < 1.29 is 27.5 Å². The Hall–Kier alpha value is -3.03. The molecular weight excluding hydrogens is 443 g/mol. The maximum atomic E-state index is 13.4. The standard InChI is InChI=1S/C22H22F3N3O3S/c1-5-14-10-17(8-9-19(14)31-13(2)29)32-21(3,4)20(30)28(27-32)16-7-6-15(12-26)18(11-16)22(23,24)25/h6-11,27,32H,5H2,1-4H3. The van der Waals surface area contributed by atoms with Gasteiger partial charge in [-0.2, -0.15) is 23.3 Å². The zero-order valence-electron chi connectivity index (χ0n) is 17.9. The number of hydrogen-bond acceptors (Lipinski definition) is 5. The molecule has 3 rings (SSSR count). The second-order valence-corrected chi connectivity index (χ2v) is 10.2. The van der Waals surface area contributed by atoms with Crippen molar-refractivity contribution in [2.24, 2.45) is 0 Å². The number of carbonyl (C=O) groups is 2. The van der Waals surface area contributed by atoms with Crippen molar-refractivity contribution in [2.45, 2.75) is 49.9 Å². The number of thiol groups is 1. The predicted molar refractivity (Wildman–Crippen MR) is 115 cm³/mol. The van der Waals surface area contributed by atoms with Crippen LogP contribution in [0.25, 0.3) is 0 Å². The third kappa shape index (κ3) is 4.31. The number of halogens is 3. The minimum atomic E-state index is -4.73. The monoisotopic (exact) mass is 465 g/mol. The third-order valence-electron chi connectivity index (χ3n) is 5.11. The van der Waals surface area contributed by atoms with E-state index in [1.807, 2.05) is 13.0 Å². The summed E-state index contributed by atoms with van der Waals surface area (Å²) < 4.78 is 44.5. The number of hydrazine groups is 1. The van der Waals surface area contributed by atoms with Crippen molar-refractivity contribution in [1.82, 2.24) is 4.83 Å². The molecule has 2 aromatic carbocycles. The molecule has 1 heterocycles. The van der Waals surface area contributed by atoms with Gasteiger partial charge >= 0.3 is 12.1 Å². The fourth-order valence-corrected chi connectivity index (χ4v) is 5.65. The topological polar surface area (TPSA) is 82.4 Å². The lowest BCUT2D eigenvalue weighted by molar-refractivity contribution is -0.138. The smallest absolute Gasteiger partial charge is 0.417 e. The van der Waals surface area contributed by atoms with E-state index < -0.39 is 39.1 Å². The van der Waals surface area contributed by atoms with E-state index in [1.165, 1.54) is 19.1 Å². The summed E-state index contributed by atoms with van der Waals surface area (Å²) in [4.78, 5) is 28.4. The molecule has 0 aliphatic carbocycles. The molecule has 2 aromatic rings. The molecule has 1 fully saturated rings. The summed E-state index contributed by atoms with van der Waals surface area (Å²) in [5.41, 5.74) is -0.823. The van der Waals surface area contributed by atoms with Crippen LogP contribution in [0.5, 0.6) is 5.75 Å². The van der Waals surface area contributed by atoms with Crippen LogP contribution in [0.15, 0.2) is 41.3 Å². The summed E-state index contributed by atoms with van der Waals surface area (Å²) in [6.45, 7) is 6.67.